The third kappa shape index (κ3) is 6.00. The van der Waals surface area contributed by atoms with Gasteiger partial charge < -0.3 is 4.90 Å². The minimum Gasteiger partial charge on any atom is -0.309 e. The van der Waals surface area contributed by atoms with Gasteiger partial charge in [0.25, 0.3) is 11.6 Å². The maximum atomic E-state index is 13.3. The molecule has 0 saturated heterocycles. The number of halogens is 1. The second-order valence-electron chi connectivity index (χ2n) is 7.32. The maximum Gasteiger partial charge on any atom is 0.270 e. The summed E-state index contributed by atoms with van der Waals surface area (Å²) in [6.45, 7) is 1.15. The number of fused-ring (bicyclic) bond motifs is 1. The van der Waals surface area contributed by atoms with Gasteiger partial charge in [0, 0.05) is 30.5 Å². The number of benzene rings is 2. The molecule has 0 saturated carbocycles. The first-order chi connectivity index (χ1) is 14.6. The zero-order valence-electron chi connectivity index (χ0n) is 17.7. The van der Waals surface area contributed by atoms with E-state index in [1.54, 1.807) is 6.07 Å². The van der Waals surface area contributed by atoms with E-state index in [1.807, 2.05) is 19.0 Å². The van der Waals surface area contributed by atoms with Gasteiger partial charge in [-0.2, -0.15) is 0 Å². The van der Waals surface area contributed by atoms with Crippen LogP contribution in [0.1, 0.15) is 16.8 Å². The summed E-state index contributed by atoms with van der Waals surface area (Å²) in [5.74, 6) is -0.313. The van der Waals surface area contributed by atoms with Crippen LogP contribution in [-0.2, 0) is 9.84 Å². The summed E-state index contributed by atoms with van der Waals surface area (Å²) < 4.78 is 24.0. The molecule has 0 fully saturated rings. The van der Waals surface area contributed by atoms with Crippen LogP contribution >= 0.6 is 23.7 Å². The summed E-state index contributed by atoms with van der Waals surface area (Å²) in [6.07, 6.45) is 1.80. The monoisotopic (exact) mass is 498 g/mol. The van der Waals surface area contributed by atoms with E-state index in [2.05, 4.69) is 4.98 Å². The highest BCUT2D eigenvalue weighted by Crippen LogP contribution is 2.32. The van der Waals surface area contributed by atoms with Gasteiger partial charge in [-0.3, -0.25) is 19.8 Å². The Morgan fingerprint density at radius 2 is 1.78 bits per heavy atom. The van der Waals surface area contributed by atoms with Crippen LogP contribution < -0.4 is 4.90 Å². The van der Waals surface area contributed by atoms with Crippen molar-refractivity contribution in [3.63, 3.8) is 0 Å². The Morgan fingerprint density at radius 1 is 1.12 bits per heavy atom. The van der Waals surface area contributed by atoms with Crippen LogP contribution in [0.2, 0.25) is 0 Å². The fraction of sp³-hybridized carbons (Fsp3) is 0.300. The quantitative estimate of drug-likeness (QED) is 0.344. The minimum atomic E-state index is -3.37. The fourth-order valence-electron chi connectivity index (χ4n) is 2.96. The number of nitro groups is 1. The lowest BCUT2D eigenvalue weighted by Crippen LogP contribution is -2.33. The van der Waals surface area contributed by atoms with E-state index in [4.69, 9.17) is 0 Å². The Hall–Kier alpha value is -2.60. The highest BCUT2D eigenvalue weighted by Gasteiger charge is 2.22. The van der Waals surface area contributed by atoms with Gasteiger partial charge in [0.1, 0.15) is 0 Å². The van der Waals surface area contributed by atoms with E-state index in [9.17, 15) is 23.3 Å². The molecule has 172 valence electrons. The van der Waals surface area contributed by atoms with Gasteiger partial charge >= 0.3 is 0 Å². The average molecular weight is 499 g/mol. The van der Waals surface area contributed by atoms with E-state index in [0.29, 0.717) is 33.9 Å². The molecule has 0 aliphatic carbocycles. The first kappa shape index (κ1) is 25.7. The lowest BCUT2D eigenvalue weighted by molar-refractivity contribution is -0.384. The molecule has 1 amide bonds. The number of aromatic nitrogens is 1. The van der Waals surface area contributed by atoms with Crippen LogP contribution in [0.4, 0.5) is 10.8 Å². The van der Waals surface area contributed by atoms with Crippen molar-refractivity contribution >= 4 is 60.5 Å². The van der Waals surface area contributed by atoms with Crippen molar-refractivity contribution in [1.82, 2.24) is 9.88 Å². The molecule has 32 heavy (non-hydrogen) atoms. The predicted molar refractivity (Wildman–Crippen MR) is 128 cm³/mol. The van der Waals surface area contributed by atoms with E-state index in [0.717, 1.165) is 12.8 Å². The molecule has 9 nitrogen and oxygen atoms in total. The smallest absolute Gasteiger partial charge is 0.270 e. The van der Waals surface area contributed by atoms with Crippen LogP contribution in [0.25, 0.3) is 10.2 Å². The number of rotatable bonds is 8. The third-order valence-electron chi connectivity index (χ3n) is 4.56. The second kappa shape index (κ2) is 10.3. The summed E-state index contributed by atoms with van der Waals surface area (Å²) in [7, 11) is 0.509. The van der Waals surface area contributed by atoms with Gasteiger partial charge in [-0.05, 0) is 57.4 Å². The molecule has 0 atom stereocenters. The summed E-state index contributed by atoms with van der Waals surface area (Å²) >= 11 is 1.21. The second-order valence-corrected chi connectivity index (χ2v) is 10.3. The molecule has 3 aromatic rings. The van der Waals surface area contributed by atoms with Gasteiger partial charge in [-0.25, -0.2) is 13.4 Å². The maximum absolute atomic E-state index is 13.3. The summed E-state index contributed by atoms with van der Waals surface area (Å²) in [6, 6.07) is 10.2. The Labute approximate surface area is 196 Å². The van der Waals surface area contributed by atoms with Crippen molar-refractivity contribution in [1.29, 1.82) is 0 Å². The third-order valence-corrected chi connectivity index (χ3v) is 6.73. The molecular weight excluding hydrogens is 476 g/mol. The average Bonchev–Trinajstić information content (AvgIpc) is 3.12. The van der Waals surface area contributed by atoms with E-state index in [1.165, 1.54) is 52.6 Å². The Morgan fingerprint density at radius 3 is 2.34 bits per heavy atom. The summed E-state index contributed by atoms with van der Waals surface area (Å²) in [5, 5.41) is 11.5. The van der Waals surface area contributed by atoms with Crippen molar-refractivity contribution in [3.05, 3.63) is 58.1 Å². The SMILES string of the molecule is CN(C)CCCN(C(=O)c1ccc(S(C)(=O)=O)cc1)c1nc2ccc([N+](=O)[O-])cc2s1.Cl. The van der Waals surface area contributed by atoms with Gasteiger partial charge in [-0.1, -0.05) is 11.3 Å². The minimum absolute atomic E-state index is 0. The largest absolute Gasteiger partial charge is 0.309 e. The molecule has 3 rings (SSSR count). The molecule has 2 aromatic carbocycles. The number of carbonyl (C=O) groups is 1. The molecule has 0 unspecified atom stereocenters. The zero-order chi connectivity index (χ0) is 22.8. The molecule has 0 radical (unpaired) electrons. The van der Waals surface area contributed by atoms with E-state index < -0.39 is 14.8 Å². The molecule has 0 aliphatic rings. The number of hydrogen-bond acceptors (Lipinski definition) is 8. The van der Waals surface area contributed by atoms with Gasteiger partial charge in [0.2, 0.25) is 0 Å². The van der Waals surface area contributed by atoms with Crippen LogP contribution in [0, 0.1) is 10.1 Å². The standard InChI is InChI=1S/C20H22N4O5S2.ClH/c1-22(2)11-4-12-23(19(25)14-5-8-16(9-6-14)31(3,28)29)20-21-17-10-7-15(24(26)27)13-18(17)30-20;/h5-10,13H,4,11-12H2,1-3H3;1H. The highest BCUT2D eigenvalue weighted by atomic mass is 35.5. The molecule has 0 N–H and O–H groups in total. The zero-order valence-corrected chi connectivity index (χ0v) is 20.2. The van der Waals surface area contributed by atoms with Crippen molar-refractivity contribution in [2.45, 2.75) is 11.3 Å². The molecule has 1 heterocycles. The number of nitrogens with zero attached hydrogens (tertiary/aromatic N) is 4. The number of nitro benzene ring substituents is 1. The summed E-state index contributed by atoms with van der Waals surface area (Å²) in [4.78, 5) is 32.0. The van der Waals surface area contributed by atoms with Crippen LogP contribution in [0.3, 0.4) is 0 Å². The summed E-state index contributed by atoms with van der Waals surface area (Å²) in [5.41, 5.74) is 0.871. The number of thiazole rings is 1. The molecular formula is C20H23ClN4O5S2. The number of carbonyl (C=O) groups excluding carboxylic acids is 1. The van der Waals surface area contributed by atoms with Crippen LogP contribution in [-0.4, -0.2) is 62.6 Å². The van der Waals surface area contributed by atoms with Crippen molar-refractivity contribution < 1.29 is 18.1 Å². The topological polar surface area (TPSA) is 114 Å². The van der Waals surface area contributed by atoms with Gasteiger partial charge in [-0.15, -0.1) is 12.4 Å². The molecule has 1 aromatic heterocycles. The van der Waals surface area contributed by atoms with E-state index in [-0.39, 0.29) is 28.9 Å². The van der Waals surface area contributed by atoms with Crippen LogP contribution in [0.5, 0.6) is 0 Å². The first-order valence-corrected chi connectivity index (χ1v) is 12.1. The van der Waals surface area contributed by atoms with Crippen molar-refractivity contribution in [2.75, 3.05) is 38.3 Å². The van der Waals surface area contributed by atoms with Gasteiger partial charge in [0.15, 0.2) is 15.0 Å². The van der Waals surface area contributed by atoms with E-state index >= 15 is 0 Å². The Balaban J connectivity index is 0.00000363. The number of non-ortho nitro benzene ring substituents is 1. The lowest BCUT2D eigenvalue weighted by Gasteiger charge is -2.21. The number of sulfone groups is 1. The normalized spacial score (nSPS) is 11.4. The molecule has 0 spiro atoms. The molecule has 0 bridgehead atoms. The number of amides is 1. The molecule has 0 aliphatic heterocycles. The first-order valence-electron chi connectivity index (χ1n) is 9.38. The Kier molecular flexibility index (Phi) is 8.29. The van der Waals surface area contributed by atoms with Crippen molar-refractivity contribution in [3.8, 4) is 0 Å². The lowest BCUT2D eigenvalue weighted by atomic mass is 10.2. The molecule has 12 heteroatoms. The predicted octanol–water partition coefficient (Wildman–Crippen LogP) is 3.63. The Bertz CT molecular complexity index is 1230. The van der Waals surface area contributed by atoms with Gasteiger partial charge in [0.05, 0.1) is 20.0 Å². The van der Waals surface area contributed by atoms with Crippen LogP contribution in [0.15, 0.2) is 47.4 Å². The fourth-order valence-corrected chi connectivity index (χ4v) is 4.61. The van der Waals surface area contributed by atoms with Crippen molar-refractivity contribution in [2.24, 2.45) is 0 Å². The highest BCUT2D eigenvalue weighted by molar-refractivity contribution is 7.90. The number of hydrogen-bond donors (Lipinski definition) is 0. The number of anilines is 1.